The number of aromatic amines is 1. The van der Waals surface area contributed by atoms with E-state index in [2.05, 4.69) is 26.2 Å². The van der Waals surface area contributed by atoms with E-state index in [1.807, 2.05) is 6.07 Å². The molecule has 0 aliphatic rings. The molecule has 0 atom stereocenters. The number of nitriles is 1. The second-order valence-corrected chi connectivity index (χ2v) is 6.96. The van der Waals surface area contributed by atoms with E-state index >= 15 is 8.78 Å². The Labute approximate surface area is 176 Å². The van der Waals surface area contributed by atoms with Crippen molar-refractivity contribution in [3.8, 4) is 17.2 Å². The quantitative estimate of drug-likeness (QED) is 0.444. The van der Waals surface area contributed by atoms with Crippen molar-refractivity contribution >= 4 is 22.7 Å². The molecule has 0 unspecified atom stereocenters. The molecule has 0 spiro atoms. The van der Waals surface area contributed by atoms with E-state index in [9.17, 15) is 0 Å². The molecule has 4 rings (SSSR count). The van der Waals surface area contributed by atoms with Crippen LogP contribution < -0.4 is 0 Å². The first kappa shape index (κ1) is 20.0. The molecule has 152 valence electrons. The van der Waals surface area contributed by atoms with Crippen molar-refractivity contribution in [3.05, 3.63) is 83.6 Å². The Hall–Kier alpha value is -4.25. The molecule has 0 aliphatic carbocycles. The number of rotatable bonds is 5. The van der Waals surface area contributed by atoms with Gasteiger partial charge in [-0.15, -0.1) is 0 Å². The minimum Gasteiger partial charge on any atom is -0.306 e. The zero-order valence-electron chi connectivity index (χ0n) is 16.4. The van der Waals surface area contributed by atoms with E-state index in [1.165, 1.54) is 30.4 Å². The maximum Gasteiger partial charge on any atom is 0.331 e. The fourth-order valence-corrected chi connectivity index (χ4v) is 3.08. The van der Waals surface area contributed by atoms with E-state index in [0.29, 0.717) is 16.5 Å². The summed E-state index contributed by atoms with van der Waals surface area (Å²) in [4.78, 5) is 8.21. The molecule has 0 fully saturated rings. The fourth-order valence-electron chi connectivity index (χ4n) is 3.08. The summed E-state index contributed by atoms with van der Waals surface area (Å²) in [5, 5.41) is 23.1. The summed E-state index contributed by atoms with van der Waals surface area (Å²) in [7, 11) is 0. The van der Waals surface area contributed by atoms with Gasteiger partial charge >= 0.3 is 5.92 Å². The molecule has 0 saturated heterocycles. The van der Waals surface area contributed by atoms with Crippen LogP contribution in [0.25, 0.3) is 28.1 Å². The van der Waals surface area contributed by atoms with Gasteiger partial charge in [0, 0.05) is 28.4 Å². The van der Waals surface area contributed by atoms with Gasteiger partial charge in [-0.2, -0.15) is 19.1 Å². The van der Waals surface area contributed by atoms with Crippen LogP contribution >= 0.6 is 0 Å². The zero-order valence-corrected chi connectivity index (χ0v) is 16.4. The number of nitrogens with zero attached hydrogens (tertiary/aromatic N) is 4. The van der Waals surface area contributed by atoms with E-state index < -0.39 is 11.7 Å². The number of nitrogens with one attached hydrogen (secondary N) is 2. The van der Waals surface area contributed by atoms with Crippen molar-refractivity contribution in [1.29, 1.82) is 10.7 Å². The summed E-state index contributed by atoms with van der Waals surface area (Å²) >= 11 is 0. The summed E-state index contributed by atoms with van der Waals surface area (Å²) < 4.78 is 30.2. The molecular formula is C23H16F2N6. The average Bonchev–Trinajstić information content (AvgIpc) is 3.27. The van der Waals surface area contributed by atoms with Gasteiger partial charge in [-0.25, -0.2) is 4.98 Å². The van der Waals surface area contributed by atoms with E-state index in [1.54, 1.807) is 37.4 Å². The minimum absolute atomic E-state index is 0.0726. The lowest BCUT2D eigenvalue weighted by atomic mass is 10.0. The van der Waals surface area contributed by atoms with Gasteiger partial charge in [0.2, 0.25) is 0 Å². The molecule has 0 amide bonds. The number of H-pyrrole nitrogens is 1. The van der Waals surface area contributed by atoms with E-state index in [-0.39, 0.29) is 17.1 Å². The van der Waals surface area contributed by atoms with Gasteiger partial charge in [-0.3, -0.25) is 10.1 Å². The van der Waals surface area contributed by atoms with Crippen molar-refractivity contribution in [2.45, 2.75) is 12.8 Å². The number of hydrogen-bond donors (Lipinski definition) is 2. The molecule has 0 radical (unpaired) electrons. The number of pyridine rings is 1. The van der Waals surface area contributed by atoms with Gasteiger partial charge in [0.05, 0.1) is 17.1 Å². The van der Waals surface area contributed by atoms with Crippen molar-refractivity contribution in [1.82, 2.24) is 20.2 Å². The van der Waals surface area contributed by atoms with Crippen molar-refractivity contribution < 1.29 is 8.78 Å². The Kier molecular flexibility index (Phi) is 5.09. The molecule has 4 aromatic rings. The van der Waals surface area contributed by atoms with Gasteiger partial charge < -0.3 is 5.41 Å². The Bertz CT molecular complexity index is 1360. The summed E-state index contributed by atoms with van der Waals surface area (Å²) in [5.74, 6) is -3.91. The van der Waals surface area contributed by atoms with Crippen LogP contribution in [0, 0.1) is 16.7 Å². The molecule has 2 heterocycles. The fraction of sp³-hybridized carbons (Fsp3) is 0.0870. The first-order valence-electron chi connectivity index (χ1n) is 9.31. The predicted octanol–water partition coefficient (Wildman–Crippen LogP) is 5.08. The molecule has 2 aromatic carbocycles. The van der Waals surface area contributed by atoms with Gasteiger partial charge in [-0.05, 0) is 55.0 Å². The topological polar surface area (TPSA) is 102 Å². The lowest BCUT2D eigenvalue weighted by molar-refractivity contribution is 0.0333. The van der Waals surface area contributed by atoms with Crippen molar-refractivity contribution in [2.24, 2.45) is 0 Å². The molecule has 6 nitrogen and oxygen atoms in total. The lowest BCUT2D eigenvalue weighted by Gasteiger charge is -2.14. The minimum atomic E-state index is -3.40. The molecular weight excluding hydrogens is 398 g/mol. The number of alkyl halides is 2. The number of fused-ring (bicyclic) bond motifs is 1. The normalized spacial score (nSPS) is 11.7. The van der Waals surface area contributed by atoms with Crippen LogP contribution in [-0.2, 0) is 5.92 Å². The van der Waals surface area contributed by atoms with Crippen LogP contribution in [0.15, 0.2) is 60.8 Å². The summed E-state index contributed by atoms with van der Waals surface area (Å²) in [6.45, 7) is 1.56. The van der Waals surface area contributed by atoms with Crippen LogP contribution in [0.5, 0.6) is 0 Å². The first-order chi connectivity index (χ1) is 14.9. The number of hydrogen-bond acceptors (Lipinski definition) is 5. The Balaban J connectivity index is 1.72. The monoisotopic (exact) mass is 414 g/mol. The van der Waals surface area contributed by atoms with Gasteiger partial charge in [0.25, 0.3) is 0 Å². The predicted molar refractivity (Wildman–Crippen MR) is 114 cm³/mol. The molecule has 2 N–H and O–H groups in total. The Morgan fingerprint density at radius 2 is 2.00 bits per heavy atom. The highest BCUT2D eigenvalue weighted by molar-refractivity contribution is 5.93. The third-order valence-corrected chi connectivity index (χ3v) is 4.65. The van der Waals surface area contributed by atoms with Crippen LogP contribution in [0.3, 0.4) is 0 Å². The molecule has 0 bridgehead atoms. The summed E-state index contributed by atoms with van der Waals surface area (Å²) in [6.07, 6.45) is 4.47. The highest BCUT2D eigenvalue weighted by Crippen LogP contribution is 2.35. The molecule has 8 heteroatoms. The largest absolute Gasteiger partial charge is 0.331 e. The second kappa shape index (κ2) is 7.88. The maximum absolute atomic E-state index is 15.1. The standard InChI is InChI=1S/C23H16F2N6/c1-14(27)5-8-21-29-22(31-30-21)23(24,25)19-6-7-20-17(11-19)10-18(13-28-20)16-4-2-3-15(9-16)12-26/h2-11,13,27H,1H3,(H,29,30,31)/b8-5-,27-14?. The summed E-state index contributed by atoms with van der Waals surface area (Å²) in [5.41, 5.74) is 2.59. The highest BCUT2D eigenvalue weighted by Gasteiger charge is 2.38. The van der Waals surface area contributed by atoms with E-state index in [4.69, 9.17) is 10.7 Å². The number of benzene rings is 2. The Morgan fingerprint density at radius 3 is 2.77 bits per heavy atom. The molecule has 2 aromatic heterocycles. The summed E-state index contributed by atoms with van der Waals surface area (Å²) in [6, 6.07) is 15.1. The smallest absolute Gasteiger partial charge is 0.306 e. The maximum atomic E-state index is 15.1. The number of halogens is 2. The lowest BCUT2D eigenvalue weighted by Crippen LogP contribution is -2.17. The SMILES string of the molecule is CC(=N)/C=C\c1n[nH]c(C(F)(F)c2ccc3ncc(-c4cccc(C#N)c4)cc3c2)n1. The molecule has 0 aliphatic heterocycles. The van der Waals surface area contributed by atoms with Gasteiger partial charge in [0.1, 0.15) is 0 Å². The average molecular weight is 414 g/mol. The Morgan fingerprint density at radius 1 is 1.16 bits per heavy atom. The van der Waals surface area contributed by atoms with Gasteiger partial charge in [0.15, 0.2) is 11.6 Å². The third kappa shape index (κ3) is 4.07. The number of aromatic nitrogens is 4. The second-order valence-electron chi connectivity index (χ2n) is 6.96. The number of allylic oxidation sites excluding steroid dienone is 1. The first-order valence-corrected chi connectivity index (χ1v) is 9.31. The molecule has 0 saturated carbocycles. The molecule has 31 heavy (non-hydrogen) atoms. The van der Waals surface area contributed by atoms with Crippen molar-refractivity contribution in [2.75, 3.05) is 0 Å². The van der Waals surface area contributed by atoms with Crippen molar-refractivity contribution in [3.63, 3.8) is 0 Å². The van der Waals surface area contributed by atoms with E-state index in [0.717, 1.165) is 11.1 Å². The van der Waals surface area contributed by atoms with Gasteiger partial charge in [-0.1, -0.05) is 18.2 Å². The highest BCUT2D eigenvalue weighted by atomic mass is 19.3. The third-order valence-electron chi connectivity index (χ3n) is 4.65. The van der Waals surface area contributed by atoms with Crippen LogP contribution in [-0.4, -0.2) is 25.9 Å². The van der Waals surface area contributed by atoms with Crippen LogP contribution in [0.4, 0.5) is 8.78 Å². The van der Waals surface area contributed by atoms with Crippen LogP contribution in [0.2, 0.25) is 0 Å². The van der Waals surface area contributed by atoms with Crippen LogP contribution in [0.1, 0.15) is 29.7 Å². The zero-order chi connectivity index (χ0) is 22.0.